The van der Waals surface area contributed by atoms with E-state index in [1.807, 2.05) is 55.5 Å². The Kier molecular flexibility index (Phi) is 3.35. The number of rotatable bonds is 3. The molecule has 0 aliphatic carbocycles. The summed E-state index contributed by atoms with van der Waals surface area (Å²) in [7, 11) is 0. The van der Waals surface area contributed by atoms with E-state index in [0.717, 1.165) is 22.5 Å². The molecule has 0 fully saturated rings. The van der Waals surface area contributed by atoms with E-state index in [4.69, 9.17) is 0 Å². The predicted octanol–water partition coefficient (Wildman–Crippen LogP) is 1.59. The molecule has 0 saturated heterocycles. The van der Waals surface area contributed by atoms with Gasteiger partial charge in [0.05, 0.1) is 28.4 Å². The van der Waals surface area contributed by atoms with E-state index in [1.54, 1.807) is 6.92 Å². The Balaban J connectivity index is 1.87. The van der Waals surface area contributed by atoms with Gasteiger partial charge in [-0.05, 0) is 44.2 Å². The van der Waals surface area contributed by atoms with Gasteiger partial charge in [-0.15, -0.1) is 5.10 Å². The highest BCUT2D eigenvalue weighted by Gasteiger charge is 2.14. The Morgan fingerprint density at radius 2 is 1.80 bits per heavy atom. The molecule has 0 aliphatic heterocycles. The summed E-state index contributed by atoms with van der Waals surface area (Å²) in [6, 6.07) is 15.7. The molecule has 2 aromatic carbocycles. The van der Waals surface area contributed by atoms with Crippen molar-refractivity contribution in [2.24, 2.45) is 0 Å². The summed E-state index contributed by atoms with van der Waals surface area (Å²) in [4.78, 5) is 15.7. The molecule has 0 bridgehead atoms. The number of benzene rings is 2. The van der Waals surface area contributed by atoms with Gasteiger partial charge in [0, 0.05) is 5.69 Å². The number of aromatic carboxylic acids is 1. The first-order valence-corrected chi connectivity index (χ1v) is 7.75. The predicted molar refractivity (Wildman–Crippen MR) is 89.8 cm³/mol. The molecule has 7 nitrogen and oxygen atoms in total. The number of hydrogen-bond acceptors (Lipinski definition) is 5. The van der Waals surface area contributed by atoms with Crippen LogP contribution in [-0.4, -0.2) is 30.5 Å². The summed E-state index contributed by atoms with van der Waals surface area (Å²) in [6.07, 6.45) is 0. The van der Waals surface area contributed by atoms with Crippen molar-refractivity contribution < 1.29 is 9.90 Å². The van der Waals surface area contributed by atoms with Crippen molar-refractivity contribution in [2.75, 3.05) is 0 Å². The fraction of sp³-hybridized carbons (Fsp3) is 0.111. The zero-order valence-electron chi connectivity index (χ0n) is 13.7. The normalized spacial score (nSPS) is 11.1. The molecule has 25 heavy (non-hydrogen) atoms. The van der Waals surface area contributed by atoms with E-state index in [2.05, 4.69) is 19.9 Å². The molecule has 4 aromatic rings. The van der Waals surface area contributed by atoms with Gasteiger partial charge in [0.2, 0.25) is 0 Å². The summed E-state index contributed by atoms with van der Waals surface area (Å²) in [6.45, 7) is 3.59. The number of carboxylic acid groups (broad SMARTS) is 1. The lowest BCUT2D eigenvalue weighted by molar-refractivity contribution is -0.255. The van der Waals surface area contributed by atoms with Crippen LogP contribution in [0.4, 0.5) is 0 Å². The van der Waals surface area contributed by atoms with Gasteiger partial charge in [0.25, 0.3) is 0 Å². The molecule has 7 heteroatoms. The van der Waals surface area contributed by atoms with E-state index in [1.165, 1.54) is 4.68 Å². The SMILES string of the molecule is Cc1c(C(=O)[O-])nnn1-c1ccc2c(c1)nc(C)n2-c1ccccc1. The molecular formula is C18H14N5O2-. The first kappa shape index (κ1) is 15.1. The molecule has 0 aliphatic rings. The van der Waals surface area contributed by atoms with E-state index in [9.17, 15) is 9.90 Å². The number of nitrogens with zero attached hydrogens (tertiary/aromatic N) is 5. The molecule has 0 radical (unpaired) electrons. The van der Waals surface area contributed by atoms with Crippen molar-refractivity contribution >= 4 is 17.0 Å². The third-order valence-electron chi connectivity index (χ3n) is 4.15. The van der Waals surface area contributed by atoms with Crippen molar-refractivity contribution in [3.63, 3.8) is 0 Å². The van der Waals surface area contributed by atoms with Crippen molar-refractivity contribution in [2.45, 2.75) is 13.8 Å². The zero-order valence-corrected chi connectivity index (χ0v) is 13.7. The van der Waals surface area contributed by atoms with Crippen molar-refractivity contribution in [1.82, 2.24) is 24.5 Å². The number of para-hydroxylation sites is 1. The minimum Gasteiger partial charge on any atom is -0.543 e. The number of carbonyl (C=O) groups is 1. The fourth-order valence-corrected chi connectivity index (χ4v) is 2.99. The summed E-state index contributed by atoms with van der Waals surface area (Å²) in [5, 5.41) is 18.6. The number of hydrogen-bond donors (Lipinski definition) is 0. The average Bonchev–Trinajstić information content (AvgIpc) is 3.14. The second-order valence-corrected chi connectivity index (χ2v) is 5.73. The molecule has 2 aromatic heterocycles. The van der Waals surface area contributed by atoms with Crippen LogP contribution in [0.2, 0.25) is 0 Å². The van der Waals surface area contributed by atoms with Crippen LogP contribution in [-0.2, 0) is 0 Å². The van der Waals surface area contributed by atoms with Gasteiger partial charge in [-0.3, -0.25) is 4.57 Å². The van der Waals surface area contributed by atoms with Gasteiger partial charge in [-0.2, -0.15) is 0 Å². The van der Waals surface area contributed by atoms with Crippen LogP contribution < -0.4 is 5.11 Å². The first-order valence-electron chi connectivity index (χ1n) is 7.75. The summed E-state index contributed by atoms with van der Waals surface area (Å²) in [5.41, 5.74) is 3.74. The van der Waals surface area contributed by atoms with Crippen LogP contribution in [0.1, 0.15) is 22.0 Å². The molecular weight excluding hydrogens is 318 g/mol. The van der Waals surface area contributed by atoms with Gasteiger partial charge in [-0.1, -0.05) is 23.4 Å². The molecule has 0 N–H and O–H groups in total. The average molecular weight is 332 g/mol. The highest BCUT2D eigenvalue weighted by Crippen LogP contribution is 2.24. The lowest BCUT2D eigenvalue weighted by Gasteiger charge is -2.07. The van der Waals surface area contributed by atoms with Crippen LogP contribution in [0.3, 0.4) is 0 Å². The molecule has 0 saturated carbocycles. The third kappa shape index (κ3) is 2.37. The van der Waals surface area contributed by atoms with Crippen LogP contribution >= 0.6 is 0 Å². The lowest BCUT2D eigenvalue weighted by Crippen LogP contribution is -2.23. The van der Waals surface area contributed by atoms with E-state index >= 15 is 0 Å². The van der Waals surface area contributed by atoms with Gasteiger partial charge < -0.3 is 9.90 Å². The van der Waals surface area contributed by atoms with Gasteiger partial charge in [0.15, 0.2) is 0 Å². The van der Waals surface area contributed by atoms with Crippen molar-refractivity contribution in [3.8, 4) is 11.4 Å². The summed E-state index contributed by atoms with van der Waals surface area (Å²) >= 11 is 0. The minimum absolute atomic E-state index is 0.161. The molecule has 2 heterocycles. The molecule has 124 valence electrons. The van der Waals surface area contributed by atoms with Gasteiger partial charge in [-0.25, -0.2) is 9.67 Å². The summed E-state index contributed by atoms with van der Waals surface area (Å²) in [5.74, 6) is -0.474. The maximum atomic E-state index is 11.0. The van der Waals surface area contributed by atoms with Crippen LogP contribution in [0, 0.1) is 13.8 Å². The number of fused-ring (bicyclic) bond motifs is 1. The van der Waals surface area contributed by atoms with Crippen LogP contribution in [0.25, 0.3) is 22.4 Å². The monoisotopic (exact) mass is 332 g/mol. The van der Waals surface area contributed by atoms with E-state index in [-0.39, 0.29) is 5.69 Å². The number of aryl methyl sites for hydroxylation is 1. The minimum atomic E-state index is -1.34. The Hall–Kier alpha value is -3.48. The second-order valence-electron chi connectivity index (χ2n) is 5.73. The molecule has 0 unspecified atom stereocenters. The Bertz CT molecular complexity index is 1100. The van der Waals surface area contributed by atoms with Crippen molar-refractivity contribution in [3.05, 3.63) is 65.7 Å². The molecule has 4 rings (SSSR count). The van der Waals surface area contributed by atoms with Crippen LogP contribution in [0.5, 0.6) is 0 Å². The van der Waals surface area contributed by atoms with Gasteiger partial charge >= 0.3 is 0 Å². The lowest BCUT2D eigenvalue weighted by atomic mass is 10.2. The summed E-state index contributed by atoms with van der Waals surface area (Å²) < 4.78 is 3.54. The highest BCUT2D eigenvalue weighted by atomic mass is 16.4. The number of carbonyl (C=O) groups excluding carboxylic acids is 1. The first-order chi connectivity index (χ1) is 12.1. The molecule has 0 atom stereocenters. The number of aromatic nitrogens is 5. The highest BCUT2D eigenvalue weighted by molar-refractivity contribution is 5.85. The largest absolute Gasteiger partial charge is 0.543 e. The Morgan fingerprint density at radius 3 is 2.48 bits per heavy atom. The maximum absolute atomic E-state index is 11.0. The molecule has 0 amide bonds. The van der Waals surface area contributed by atoms with E-state index in [0.29, 0.717) is 11.4 Å². The fourth-order valence-electron chi connectivity index (χ4n) is 2.99. The zero-order chi connectivity index (χ0) is 17.6. The van der Waals surface area contributed by atoms with Gasteiger partial charge in [0.1, 0.15) is 11.5 Å². The van der Waals surface area contributed by atoms with E-state index < -0.39 is 5.97 Å². The second kappa shape index (κ2) is 5.55. The maximum Gasteiger partial charge on any atom is 0.131 e. The quantitative estimate of drug-likeness (QED) is 0.568. The van der Waals surface area contributed by atoms with Crippen LogP contribution in [0.15, 0.2) is 48.5 Å². The smallest absolute Gasteiger partial charge is 0.131 e. The number of carboxylic acids is 1. The topological polar surface area (TPSA) is 88.7 Å². The standard InChI is InChI=1S/C18H15N5O2/c1-11-17(18(24)25)20-21-23(11)14-8-9-16-15(10-14)19-12(2)22(16)13-6-4-3-5-7-13/h3-10H,1-2H3,(H,24,25)/p-1. The Morgan fingerprint density at radius 1 is 1.04 bits per heavy atom. The third-order valence-corrected chi connectivity index (χ3v) is 4.15. The van der Waals surface area contributed by atoms with Crippen molar-refractivity contribution in [1.29, 1.82) is 0 Å². The Labute approximate surface area is 143 Å². The number of imidazole rings is 1. The molecule has 0 spiro atoms.